The first-order chi connectivity index (χ1) is 19.8. The second kappa shape index (κ2) is 24.1. The van der Waals surface area contributed by atoms with Gasteiger partial charge < -0.3 is 40.3 Å². The molecule has 1 heterocycles. The Morgan fingerprint density at radius 2 is 1.39 bits per heavy atom. The minimum Gasteiger partial charge on any atom is -0.394 e. The Labute approximate surface area is 248 Å². The highest BCUT2D eigenvalue weighted by Crippen LogP contribution is 2.22. The number of nitrogens with one attached hydrogen (secondary N) is 1. The van der Waals surface area contributed by atoms with E-state index in [0.717, 1.165) is 38.5 Å². The van der Waals surface area contributed by atoms with Crippen molar-refractivity contribution in [1.82, 2.24) is 5.32 Å². The number of carbonyl (C=O) groups excluding carboxylic acids is 1. The predicted molar refractivity (Wildman–Crippen MR) is 161 cm³/mol. The zero-order valence-corrected chi connectivity index (χ0v) is 25.5. The van der Waals surface area contributed by atoms with Crippen LogP contribution in [0, 0.1) is 0 Å². The molecule has 0 aromatic carbocycles. The smallest absolute Gasteiger partial charge is 0.220 e. The molecular formula is C32H59NO8. The molecule has 1 aliphatic rings. The van der Waals surface area contributed by atoms with Gasteiger partial charge in [0.15, 0.2) is 6.29 Å². The lowest BCUT2D eigenvalue weighted by Crippen LogP contribution is -2.60. The fourth-order valence-electron chi connectivity index (χ4n) is 4.81. The van der Waals surface area contributed by atoms with Gasteiger partial charge in [-0.25, -0.2) is 0 Å². The van der Waals surface area contributed by atoms with E-state index in [1.165, 1.54) is 57.8 Å². The van der Waals surface area contributed by atoms with E-state index >= 15 is 0 Å². The highest BCUT2D eigenvalue weighted by molar-refractivity contribution is 5.76. The Kier molecular flexibility index (Phi) is 22.2. The molecule has 1 rings (SSSR count). The van der Waals surface area contributed by atoms with Crippen LogP contribution in [0.25, 0.3) is 0 Å². The summed E-state index contributed by atoms with van der Waals surface area (Å²) in [5, 5.41) is 53.4. The topological polar surface area (TPSA) is 149 Å². The average Bonchev–Trinajstić information content (AvgIpc) is 2.97. The van der Waals surface area contributed by atoms with Gasteiger partial charge in [0, 0.05) is 6.42 Å². The third-order valence-corrected chi connectivity index (χ3v) is 7.53. The molecule has 0 aromatic heterocycles. The minimum absolute atomic E-state index is 0.199. The molecule has 240 valence electrons. The number of aliphatic hydroxyl groups excluding tert-OH is 5. The van der Waals surface area contributed by atoms with Crippen LogP contribution in [0.5, 0.6) is 0 Å². The number of rotatable bonds is 24. The van der Waals surface area contributed by atoms with Crippen molar-refractivity contribution < 1.29 is 39.8 Å². The number of hydrogen-bond donors (Lipinski definition) is 6. The fourth-order valence-corrected chi connectivity index (χ4v) is 4.81. The first kappa shape index (κ1) is 37.7. The molecule has 0 saturated carbocycles. The van der Waals surface area contributed by atoms with Crippen LogP contribution in [0.4, 0.5) is 0 Å². The Morgan fingerprint density at radius 1 is 0.805 bits per heavy atom. The van der Waals surface area contributed by atoms with Crippen LogP contribution in [0.15, 0.2) is 24.3 Å². The summed E-state index contributed by atoms with van der Waals surface area (Å²) in [5.41, 5.74) is 0. The van der Waals surface area contributed by atoms with Crippen molar-refractivity contribution in [3.8, 4) is 0 Å². The van der Waals surface area contributed by atoms with Gasteiger partial charge in [0.25, 0.3) is 0 Å². The van der Waals surface area contributed by atoms with Gasteiger partial charge in [0.2, 0.25) is 5.91 Å². The fraction of sp³-hybridized carbons (Fsp3) is 0.844. The van der Waals surface area contributed by atoms with E-state index in [4.69, 9.17) is 9.47 Å². The molecule has 9 heteroatoms. The van der Waals surface area contributed by atoms with Crippen LogP contribution in [-0.2, 0) is 14.3 Å². The lowest BCUT2D eigenvalue weighted by atomic mass is 9.99. The van der Waals surface area contributed by atoms with Crippen molar-refractivity contribution in [3.63, 3.8) is 0 Å². The molecule has 41 heavy (non-hydrogen) atoms. The molecule has 0 radical (unpaired) electrons. The number of carbonyl (C=O) groups is 1. The summed E-state index contributed by atoms with van der Waals surface area (Å²) in [7, 11) is 0. The van der Waals surface area contributed by atoms with E-state index in [1.54, 1.807) is 6.08 Å². The summed E-state index contributed by atoms with van der Waals surface area (Å²) in [6, 6.07) is -0.811. The molecule has 0 spiro atoms. The van der Waals surface area contributed by atoms with Crippen LogP contribution in [0.1, 0.15) is 117 Å². The first-order valence-corrected chi connectivity index (χ1v) is 16.1. The van der Waals surface area contributed by atoms with Gasteiger partial charge in [0.1, 0.15) is 24.4 Å². The lowest BCUT2D eigenvalue weighted by molar-refractivity contribution is -0.302. The zero-order chi connectivity index (χ0) is 30.3. The monoisotopic (exact) mass is 585 g/mol. The van der Waals surface area contributed by atoms with Crippen LogP contribution in [0.2, 0.25) is 0 Å². The Bertz CT molecular complexity index is 701. The van der Waals surface area contributed by atoms with E-state index in [1.807, 2.05) is 6.08 Å². The molecular weight excluding hydrogens is 526 g/mol. The number of unbranched alkanes of at least 4 members (excludes halogenated alkanes) is 12. The van der Waals surface area contributed by atoms with Crippen LogP contribution in [0.3, 0.4) is 0 Å². The molecule has 9 nitrogen and oxygen atoms in total. The number of hydrogen-bond acceptors (Lipinski definition) is 8. The maximum atomic E-state index is 12.7. The average molecular weight is 586 g/mol. The minimum atomic E-state index is -1.56. The summed E-state index contributed by atoms with van der Waals surface area (Å²) in [6.45, 7) is 3.63. The van der Waals surface area contributed by atoms with E-state index in [0.29, 0.717) is 6.42 Å². The summed E-state index contributed by atoms with van der Waals surface area (Å²) in [5.74, 6) is -0.199. The number of amides is 1. The Morgan fingerprint density at radius 3 is 2.05 bits per heavy atom. The van der Waals surface area contributed by atoms with Gasteiger partial charge in [-0.15, -0.1) is 0 Å². The SMILES string of the molecule is CCCCCCC/C=C/CC/C=C/[C@@H](O)[C@H](CO[C@@H]1O[C@H](CO)[C@@H](O)C(O)C1O)NC(=O)CCCCCCCCC. The summed E-state index contributed by atoms with van der Waals surface area (Å²) >= 11 is 0. The second-order valence-corrected chi connectivity index (χ2v) is 11.2. The lowest BCUT2D eigenvalue weighted by Gasteiger charge is -2.40. The highest BCUT2D eigenvalue weighted by atomic mass is 16.7. The molecule has 1 aliphatic heterocycles. The van der Waals surface area contributed by atoms with Crippen molar-refractivity contribution in [3.05, 3.63) is 24.3 Å². The van der Waals surface area contributed by atoms with Gasteiger partial charge in [-0.05, 0) is 32.1 Å². The second-order valence-electron chi connectivity index (χ2n) is 11.2. The van der Waals surface area contributed by atoms with Crippen molar-refractivity contribution in [2.75, 3.05) is 13.2 Å². The van der Waals surface area contributed by atoms with Crippen molar-refractivity contribution in [2.45, 2.75) is 159 Å². The van der Waals surface area contributed by atoms with Gasteiger partial charge in [-0.2, -0.15) is 0 Å². The molecule has 2 unspecified atom stereocenters. The van der Waals surface area contributed by atoms with Gasteiger partial charge in [-0.1, -0.05) is 102 Å². The first-order valence-electron chi connectivity index (χ1n) is 16.1. The van der Waals surface area contributed by atoms with E-state index in [2.05, 4.69) is 31.3 Å². The molecule has 0 aromatic rings. The van der Waals surface area contributed by atoms with Crippen LogP contribution < -0.4 is 5.32 Å². The zero-order valence-electron chi connectivity index (χ0n) is 25.5. The third kappa shape index (κ3) is 16.8. The number of ether oxygens (including phenoxy) is 2. The number of allylic oxidation sites excluding steroid dienone is 3. The molecule has 1 fully saturated rings. The Balaban J connectivity index is 2.60. The molecule has 1 saturated heterocycles. The number of aliphatic hydroxyl groups is 5. The van der Waals surface area contributed by atoms with Crippen LogP contribution >= 0.6 is 0 Å². The predicted octanol–water partition coefficient (Wildman–Crippen LogP) is 4.04. The largest absolute Gasteiger partial charge is 0.394 e. The molecule has 0 bridgehead atoms. The normalized spacial score (nSPS) is 24.7. The van der Waals surface area contributed by atoms with Crippen molar-refractivity contribution in [1.29, 1.82) is 0 Å². The van der Waals surface area contributed by atoms with E-state index < -0.39 is 49.5 Å². The van der Waals surface area contributed by atoms with E-state index in [9.17, 15) is 30.3 Å². The molecule has 7 atom stereocenters. The summed E-state index contributed by atoms with van der Waals surface area (Å²) in [4.78, 5) is 12.7. The van der Waals surface area contributed by atoms with Gasteiger partial charge in [0.05, 0.1) is 25.4 Å². The standard InChI is InChI=1S/C32H59NO8/c1-3-5-7-9-11-12-13-14-16-17-19-21-26(35)25(33-28(36)22-20-18-15-10-8-6-4-2)24-40-32-31(39)30(38)29(37)27(23-34)41-32/h13-14,19,21,25-27,29-32,34-35,37-39H,3-12,15-18,20,22-24H2,1-2H3,(H,33,36)/b14-13+,21-19+/t25-,26+,27+,29+,30?,31?,32+/m0/s1. The van der Waals surface area contributed by atoms with Crippen LogP contribution in [-0.4, -0.2) is 87.5 Å². The van der Waals surface area contributed by atoms with Gasteiger partial charge in [-0.3, -0.25) is 4.79 Å². The highest BCUT2D eigenvalue weighted by Gasteiger charge is 2.44. The van der Waals surface area contributed by atoms with Gasteiger partial charge >= 0.3 is 0 Å². The third-order valence-electron chi connectivity index (χ3n) is 7.53. The van der Waals surface area contributed by atoms with Crippen molar-refractivity contribution >= 4 is 5.91 Å². The van der Waals surface area contributed by atoms with E-state index in [-0.39, 0.29) is 12.5 Å². The maximum absolute atomic E-state index is 12.7. The summed E-state index contributed by atoms with van der Waals surface area (Å²) in [6.07, 6.45) is 16.8. The maximum Gasteiger partial charge on any atom is 0.220 e. The molecule has 6 N–H and O–H groups in total. The molecule has 1 amide bonds. The quantitative estimate of drug-likeness (QED) is 0.0734. The Hall–Kier alpha value is -1.33. The molecule has 0 aliphatic carbocycles. The summed E-state index contributed by atoms with van der Waals surface area (Å²) < 4.78 is 11.0. The van der Waals surface area contributed by atoms with Crippen molar-refractivity contribution in [2.24, 2.45) is 0 Å².